The second kappa shape index (κ2) is 7.21. The topological polar surface area (TPSA) is 93.2 Å². The van der Waals surface area contributed by atoms with Gasteiger partial charge in [-0.15, -0.1) is 0 Å². The highest BCUT2D eigenvalue weighted by Gasteiger charge is 2.39. The molecule has 0 radical (unpaired) electrons. The normalized spacial score (nSPS) is 18.7. The zero-order valence-corrected chi connectivity index (χ0v) is 17.1. The van der Waals surface area contributed by atoms with Gasteiger partial charge in [0.25, 0.3) is 5.56 Å². The number of aliphatic hydroxyl groups is 1. The number of piperidine rings is 1. The molecule has 1 aromatic carbocycles. The van der Waals surface area contributed by atoms with Crippen molar-refractivity contribution >= 4 is 28.5 Å². The fourth-order valence-electron chi connectivity index (χ4n) is 4.04. The molecule has 3 aromatic rings. The molecule has 30 heavy (non-hydrogen) atoms. The predicted molar refractivity (Wildman–Crippen MR) is 112 cm³/mol. The summed E-state index contributed by atoms with van der Waals surface area (Å²) in [5.41, 5.74) is -0.0722. The first-order valence-electron chi connectivity index (χ1n) is 10.1. The number of hydrogen-bond donors (Lipinski definition) is 1. The first-order chi connectivity index (χ1) is 14.4. The number of fused-ring (bicyclic) bond motifs is 1. The van der Waals surface area contributed by atoms with Crippen LogP contribution < -0.4 is 5.56 Å². The van der Waals surface area contributed by atoms with Gasteiger partial charge in [-0.05, 0) is 49.9 Å². The minimum atomic E-state index is -1.04. The molecule has 3 heterocycles. The van der Waals surface area contributed by atoms with E-state index >= 15 is 0 Å². The largest absolute Gasteiger partial charge is 0.388 e. The number of likely N-dealkylation sites (tertiary alicyclic amines) is 1. The van der Waals surface area contributed by atoms with Crippen molar-refractivity contribution in [1.29, 1.82) is 0 Å². The highest BCUT2D eigenvalue weighted by Crippen LogP contribution is 2.33. The van der Waals surface area contributed by atoms with Crippen molar-refractivity contribution in [3.05, 3.63) is 52.2 Å². The zero-order valence-electron chi connectivity index (χ0n) is 16.4. The highest BCUT2D eigenvalue weighted by atomic mass is 35.5. The summed E-state index contributed by atoms with van der Waals surface area (Å²) in [6.45, 7) is 1.18. The summed E-state index contributed by atoms with van der Waals surface area (Å²) in [6, 6.07) is 7.12. The van der Waals surface area contributed by atoms with E-state index in [2.05, 4.69) is 10.1 Å². The van der Waals surface area contributed by atoms with E-state index in [1.165, 1.54) is 17.1 Å². The number of halogens is 1. The van der Waals surface area contributed by atoms with Gasteiger partial charge in [0.2, 0.25) is 5.91 Å². The van der Waals surface area contributed by atoms with Crippen molar-refractivity contribution in [2.45, 2.75) is 37.8 Å². The third-order valence-electron chi connectivity index (χ3n) is 6.02. The van der Waals surface area contributed by atoms with Crippen LogP contribution in [0.15, 0.2) is 41.6 Å². The molecule has 0 bridgehead atoms. The number of aromatic nitrogens is 4. The monoisotopic (exact) mass is 427 g/mol. The third-order valence-corrected chi connectivity index (χ3v) is 6.27. The molecular weight excluding hydrogens is 406 g/mol. The molecule has 9 heteroatoms. The summed E-state index contributed by atoms with van der Waals surface area (Å²) < 4.78 is 3.03. The molecular formula is C21H22ClN5O3. The quantitative estimate of drug-likeness (QED) is 0.687. The second-order valence-corrected chi connectivity index (χ2v) is 8.71. The fourth-order valence-corrected chi connectivity index (χ4v) is 4.17. The molecule has 0 unspecified atom stereocenters. The Bertz CT molecular complexity index is 1160. The van der Waals surface area contributed by atoms with Crippen LogP contribution in [0.3, 0.4) is 0 Å². The Hall–Kier alpha value is -2.71. The molecule has 2 aliphatic rings. The first-order valence-corrected chi connectivity index (χ1v) is 10.5. The van der Waals surface area contributed by atoms with E-state index in [9.17, 15) is 14.7 Å². The lowest BCUT2D eigenvalue weighted by atomic mass is 9.91. The molecule has 1 saturated carbocycles. The highest BCUT2D eigenvalue weighted by molar-refractivity contribution is 6.30. The van der Waals surface area contributed by atoms with Crippen LogP contribution in [-0.4, -0.2) is 53.9 Å². The van der Waals surface area contributed by atoms with Crippen molar-refractivity contribution in [2.24, 2.45) is 5.92 Å². The van der Waals surface area contributed by atoms with Gasteiger partial charge >= 0.3 is 0 Å². The zero-order chi connectivity index (χ0) is 20.9. The predicted octanol–water partition coefficient (Wildman–Crippen LogP) is 2.00. The van der Waals surface area contributed by atoms with Crippen molar-refractivity contribution in [2.75, 3.05) is 13.1 Å². The van der Waals surface area contributed by atoms with Gasteiger partial charge in [-0.2, -0.15) is 5.10 Å². The van der Waals surface area contributed by atoms with Gasteiger partial charge < -0.3 is 10.0 Å². The number of carbonyl (C=O) groups is 1. The molecule has 1 aliphatic heterocycles. The van der Waals surface area contributed by atoms with Gasteiger partial charge in [0.15, 0.2) is 5.65 Å². The Morgan fingerprint density at radius 3 is 2.57 bits per heavy atom. The summed E-state index contributed by atoms with van der Waals surface area (Å²) in [5, 5.41) is 16.3. The summed E-state index contributed by atoms with van der Waals surface area (Å²) in [4.78, 5) is 31.5. The molecule has 156 valence electrons. The van der Waals surface area contributed by atoms with Crippen LogP contribution in [-0.2, 0) is 11.3 Å². The third kappa shape index (κ3) is 3.50. The first kappa shape index (κ1) is 19.3. The Kier molecular flexibility index (Phi) is 4.63. The van der Waals surface area contributed by atoms with Gasteiger partial charge in [0.05, 0.1) is 24.0 Å². The van der Waals surface area contributed by atoms with E-state index in [0.29, 0.717) is 42.0 Å². The average molecular weight is 428 g/mol. The van der Waals surface area contributed by atoms with E-state index in [1.807, 2.05) is 4.90 Å². The number of carbonyl (C=O) groups excluding carboxylic acids is 1. The molecule has 1 N–H and O–H groups in total. The van der Waals surface area contributed by atoms with Crippen molar-refractivity contribution in [3.63, 3.8) is 0 Å². The van der Waals surface area contributed by atoms with E-state index in [4.69, 9.17) is 11.6 Å². The van der Waals surface area contributed by atoms with Crippen LogP contribution in [0.5, 0.6) is 0 Å². The number of nitrogens with zero attached hydrogens (tertiary/aromatic N) is 5. The van der Waals surface area contributed by atoms with Gasteiger partial charge in [0.1, 0.15) is 11.7 Å². The molecule has 0 atom stereocenters. The van der Waals surface area contributed by atoms with E-state index in [-0.39, 0.29) is 23.9 Å². The fraction of sp³-hybridized carbons (Fsp3) is 0.429. The van der Waals surface area contributed by atoms with Crippen LogP contribution >= 0.6 is 11.6 Å². The number of rotatable bonds is 4. The van der Waals surface area contributed by atoms with Crippen molar-refractivity contribution in [3.8, 4) is 5.69 Å². The Morgan fingerprint density at radius 2 is 1.90 bits per heavy atom. The van der Waals surface area contributed by atoms with Crippen LogP contribution in [0.4, 0.5) is 0 Å². The average Bonchev–Trinajstić information content (AvgIpc) is 3.50. The summed E-state index contributed by atoms with van der Waals surface area (Å²) in [7, 11) is 0. The van der Waals surface area contributed by atoms with E-state index in [0.717, 1.165) is 18.5 Å². The van der Waals surface area contributed by atoms with Crippen LogP contribution in [0, 0.1) is 5.92 Å². The maximum Gasteiger partial charge on any atom is 0.264 e. The number of benzene rings is 1. The molecule has 8 nitrogen and oxygen atoms in total. The van der Waals surface area contributed by atoms with Gasteiger partial charge in [-0.25, -0.2) is 9.67 Å². The van der Waals surface area contributed by atoms with E-state index in [1.54, 1.807) is 28.9 Å². The molecule has 1 aliphatic carbocycles. The summed E-state index contributed by atoms with van der Waals surface area (Å²) in [6.07, 6.45) is 5.80. The van der Waals surface area contributed by atoms with Crippen molar-refractivity contribution < 1.29 is 9.90 Å². The Morgan fingerprint density at radius 1 is 1.20 bits per heavy atom. The van der Waals surface area contributed by atoms with Crippen LogP contribution in [0.25, 0.3) is 16.7 Å². The standard InChI is InChI=1S/C21H22ClN5O3/c22-15-3-5-16(6-4-15)27-18-17(11-24-27)20(29)26(13-23-18)12-21(30)7-9-25(10-8-21)19(28)14-1-2-14/h3-6,11,13-14,30H,1-2,7-10,12H2. The SMILES string of the molecule is O=C(C1CC1)N1CCC(O)(Cn2cnc3c(cnn3-c3ccc(Cl)cc3)c2=O)CC1. The molecule has 2 fully saturated rings. The summed E-state index contributed by atoms with van der Waals surface area (Å²) >= 11 is 5.94. The maximum atomic E-state index is 13.0. The lowest BCUT2D eigenvalue weighted by Crippen LogP contribution is -2.50. The maximum absolute atomic E-state index is 13.0. The van der Waals surface area contributed by atoms with Gasteiger partial charge in [-0.3, -0.25) is 14.2 Å². The summed E-state index contributed by atoms with van der Waals surface area (Å²) in [5.74, 6) is 0.384. The number of amides is 1. The lowest BCUT2D eigenvalue weighted by molar-refractivity contribution is -0.137. The molecule has 0 spiro atoms. The van der Waals surface area contributed by atoms with Crippen molar-refractivity contribution in [1.82, 2.24) is 24.2 Å². The molecule has 1 amide bonds. The van der Waals surface area contributed by atoms with Gasteiger partial charge in [-0.1, -0.05) is 11.6 Å². The van der Waals surface area contributed by atoms with Crippen LogP contribution in [0.1, 0.15) is 25.7 Å². The Labute approximate surface area is 177 Å². The minimum Gasteiger partial charge on any atom is -0.388 e. The van der Waals surface area contributed by atoms with E-state index < -0.39 is 5.60 Å². The minimum absolute atomic E-state index is 0.145. The van der Waals surface area contributed by atoms with Gasteiger partial charge in [0, 0.05) is 24.0 Å². The second-order valence-electron chi connectivity index (χ2n) is 8.27. The molecule has 5 rings (SSSR count). The van der Waals surface area contributed by atoms with Crippen LogP contribution in [0.2, 0.25) is 5.02 Å². The lowest BCUT2D eigenvalue weighted by Gasteiger charge is -2.38. The Balaban J connectivity index is 1.36. The molecule has 1 saturated heterocycles. The molecule has 2 aromatic heterocycles. The smallest absolute Gasteiger partial charge is 0.264 e. The number of hydrogen-bond acceptors (Lipinski definition) is 5.